The van der Waals surface area contributed by atoms with Crippen LogP contribution in [-0.2, 0) is 6.42 Å². The van der Waals surface area contributed by atoms with Crippen molar-refractivity contribution in [1.82, 2.24) is 10.3 Å². The van der Waals surface area contributed by atoms with Crippen molar-refractivity contribution in [2.45, 2.75) is 52.5 Å². The summed E-state index contributed by atoms with van der Waals surface area (Å²) in [6, 6.07) is 6.12. The van der Waals surface area contributed by atoms with Crippen molar-refractivity contribution in [3.05, 3.63) is 30.1 Å². The zero-order valence-electron chi connectivity index (χ0n) is 15.1. The van der Waals surface area contributed by atoms with Crippen LogP contribution in [0.25, 0.3) is 0 Å². The van der Waals surface area contributed by atoms with Gasteiger partial charge in [0.05, 0.1) is 0 Å². The molecular formula is C18H33IN4O. The first-order valence-corrected chi connectivity index (χ1v) is 8.58. The van der Waals surface area contributed by atoms with Crippen LogP contribution >= 0.6 is 24.0 Å². The molecule has 0 saturated carbocycles. The Bertz CT molecular complexity index is 454. The molecule has 138 valence electrons. The Morgan fingerprint density at radius 1 is 1.29 bits per heavy atom. The molecule has 1 aromatic heterocycles. The van der Waals surface area contributed by atoms with Crippen LogP contribution in [-0.4, -0.2) is 35.2 Å². The van der Waals surface area contributed by atoms with Crippen molar-refractivity contribution in [2.75, 3.05) is 13.2 Å². The fourth-order valence-electron chi connectivity index (χ4n) is 2.43. The second-order valence-corrected chi connectivity index (χ2v) is 6.67. The molecule has 2 atom stereocenters. The second-order valence-electron chi connectivity index (χ2n) is 6.67. The number of nitrogens with zero attached hydrogens (tertiary/aromatic N) is 2. The van der Waals surface area contributed by atoms with Crippen LogP contribution in [0.5, 0.6) is 0 Å². The number of aliphatic hydroxyl groups is 1. The first-order valence-electron chi connectivity index (χ1n) is 8.58. The number of nitrogens with two attached hydrogens (primary N) is 1. The fourth-order valence-corrected chi connectivity index (χ4v) is 2.43. The third-order valence-electron chi connectivity index (χ3n) is 3.81. The fraction of sp³-hybridized carbons (Fsp3) is 0.667. The molecule has 0 saturated heterocycles. The van der Waals surface area contributed by atoms with Gasteiger partial charge < -0.3 is 16.2 Å². The highest BCUT2D eigenvalue weighted by molar-refractivity contribution is 14.0. The van der Waals surface area contributed by atoms with Crippen molar-refractivity contribution < 1.29 is 5.11 Å². The highest BCUT2D eigenvalue weighted by Crippen LogP contribution is 2.08. The molecule has 0 aliphatic rings. The molecular weight excluding hydrogens is 415 g/mol. The SMILES string of the molecule is CC(C)CCCC(C)NC(N)=NCC(CO)Cc1ccccn1.I. The summed E-state index contributed by atoms with van der Waals surface area (Å²) >= 11 is 0. The predicted molar refractivity (Wildman–Crippen MR) is 112 cm³/mol. The average Bonchev–Trinajstić information content (AvgIpc) is 2.52. The zero-order valence-corrected chi connectivity index (χ0v) is 17.4. The van der Waals surface area contributed by atoms with Gasteiger partial charge in [-0.3, -0.25) is 9.98 Å². The average molecular weight is 448 g/mol. The van der Waals surface area contributed by atoms with E-state index in [0.29, 0.717) is 25.0 Å². The monoisotopic (exact) mass is 448 g/mol. The number of halogens is 1. The predicted octanol–water partition coefficient (Wildman–Crippen LogP) is 2.97. The summed E-state index contributed by atoms with van der Waals surface area (Å²) in [5.41, 5.74) is 6.91. The van der Waals surface area contributed by atoms with Gasteiger partial charge in [-0.15, -0.1) is 24.0 Å². The van der Waals surface area contributed by atoms with E-state index in [2.05, 4.69) is 36.1 Å². The lowest BCUT2D eigenvalue weighted by atomic mass is 10.0. The van der Waals surface area contributed by atoms with Crippen LogP contribution in [0.15, 0.2) is 29.4 Å². The molecule has 5 nitrogen and oxygen atoms in total. The van der Waals surface area contributed by atoms with Gasteiger partial charge in [-0.1, -0.05) is 32.8 Å². The van der Waals surface area contributed by atoms with Gasteiger partial charge in [0.25, 0.3) is 0 Å². The third-order valence-corrected chi connectivity index (χ3v) is 3.81. The quantitative estimate of drug-likeness (QED) is 0.292. The summed E-state index contributed by atoms with van der Waals surface area (Å²) in [5, 5.41) is 12.7. The van der Waals surface area contributed by atoms with E-state index >= 15 is 0 Å². The molecule has 6 heteroatoms. The number of hydrogen-bond donors (Lipinski definition) is 3. The van der Waals surface area contributed by atoms with Gasteiger partial charge in [0, 0.05) is 37.0 Å². The third kappa shape index (κ3) is 10.8. The smallest absolute Gasteiger partial charge is 0.188 e. The highest BCUT2D eigenvalue weighted by Gasteiger charge is 2.10. The van der Waals surface area contributed by atoms with Gasteiger partial charge in [-0.2, -0.15) is 0 Å². The summed E-state index contributed by atoms with van der Waals surface area (Å²) in [6.07, 6.45) is 5.99. The van der Waals surface area contributed by atoms with Crippen molar-refractivity contribution >= 4 is 29.9 Å². The zero-order chi connectivity index (χ0) is 17.1. The minimum absolute atomic E-state index is 0. The van der Waals surface area contributed by atoms with Gasteiger partial charge in [-0.25, -0.2) is 0 Å². The summed E-state index contributed by atoms with van der Waals surface area (Å²) in [7, 11) is 0. The topological polar surface area (TPSA) is 83.5 Å². The maximum atomic E-state index is 9.49. The van der Waals surface area contributed by atoms with E-state index in [9.17, 15) is 5.11 Å². The normalized spacial score (nSPS) is 14.1. The summed E-state index contributed by atoms with van der Waals surface area (Å²) < 4.78 is 0. The van der Waals surface area contributed by atoms with Crippen LogP contribution in [0.3, 0.4) is 0 Å². The molecule has 0 fully saturated rings. The molecule has 0 radical (unpaired) electrons. The van der Waals surface area contributed by atoms with E-state index in [0.717, 1.165) is 18.0 Å². The summed E-state index contributed by atoms with van der Waals surface area (Å²) in [6.45, 7) is 7.19. The molecule has 4 N–H and O–H groups in total. The lowest BCUT2D eigenvalue weighted by Gasteiger charge is -2.16. The lowest BCUT2D eigenvalue weighted by Crippen LogP contribution is -2.39. The van der Waals surface area contributed by atoms with Crippen molar-refractivity contribution in [2.24, 2.45) is 22.6 Å². The molecule has 0 bridgehead atoms. The van der Waals surface area contributed by atoms with E-state index in [1.807, 2.05) is 18.2 Å². The van der Waals surface area contributed by atoms with Crippen LogP contribution in [0.2, 0.25) is 0 Å². The maximum absolute atomic E-state index is 9.49. The molecule has 1 rings (SSSR count). The maximum Gasteiger partial charge on any atom is 0.188 e. The van der Waals surface area contributed by atoms with E-state index < -0.39 is 0 Å². The highest BCUT2D eigenvalue weighted by atomic mass is 127. The van der Waals surface area contributed by atoms with Gasteiger partial charge in [0.2, 0.25) is 0 Å². The van der Waals surface area contributed by atoms with Crippen molar-refractivity contribution in [3.8, 4) is 0 Å². The van der Waals surface area contributed by atoms with Crippen LogP contribution in [0, 0.1) is 11.8 Å². The van der Waals surface area contributed by atoms with Crippen molar-refractivity contribution in [3.63, 3.8) is 0 Å². The number of pyridine rings is 1. The van der Waals surface area contributed by atoms with Crippen LogP contribution in [0.4, 0.5) is 0 Å². The molecule has 24 heavy (non-hydrogen) atoms. The van der Waals surface area contributed by atoms with Gasteiger partial charge >= 0.3 is 0 Å². The molecule has 0 aromatic carbocycles. The molecule has 1 aromatic rings. The van der Waals surface area contributed by atoms with E-state index in [-0.39, 0.29) is 36.5 Å². The van der Waals surface area contributed by atoms with Crippen LogP contribution in [0.1, 0.15) is 45.7 Å². The Labute approximate surface area is 163 Å². The number of aromatic nitrogens is 1. The first-order chi connectivity index (χ1) is 11.0. The van der Waals surface area contributed by atoms with Gasteiger partial charge in [0.15, 0.2) is 5.96 Å². The lowest BCUT2D eigenvalue weighted by molar-refractivity contribution is 0.229. The molecule has 0 aliphatic heterocycles. The summed E-state index contributed by atoms with van der Waals surface area (Å²) in [4.78, 5) is 8.65. The number of aliphatic imine (C=N–C) groups is 1. The molecule has 1 heterocycles. The van der Waals surface area contributed by atoms with Crippen LogP contribution < -0.4 is 11.1 Å². The Balaban J connectivity index is 0.00000529. The number of hydrogen-bond acceptors (Lipinski definition) is 3. The number of aliphatic hydroxyl groups excluding tert-OH is 1. The summed E-state index contributed by atoms with van der Waals surface area (Å²) in [5.74, 6) is 1.24. The largest absolute Gasteiger partial charge is 0.396 e. The van der Waals surface area contributed by atoms with Crippen molar-refractivity contribution in [1.29, 1.82) is 0 Å². The second kappa shape index (κ2) is 13.4. The minimum atomic E-state index is 0. The molecule has 0 amide bonds. The molecule has 2 unspecified atom stereocenters. The Morgan fingerprint density at radius 3 is 2.62 bits per heavy atom. The molecule has 0 aliphatic carbocycles. The Morgan fingerprint density at radius 2 is 2.04 bits per heavy atom. The number of nitrogens with one attached hydrogen (secondary N) is 1. The standard InChI is InChI=1S/C18H32N4O.HI/c1-14(2)7-6-8-15(3)22-18(19)21-12-16(13-23)11-17-9-4-5-10-20-17;/h4-5,9-10,14-16,23H,6-8,11-13H2,1-3H3,(H3,19,21,22);1H. The Hall–Kier alpha value is -0.890. The van der Waals surface area contributed by atoms with E-state index in [1.165, 1.54) is 12.8 Å². The Kier molecular flexibility index (Phi) is 12.9. The molecule has 0 spiro atoms. The minimum Gasteiger partial charge on any atom is -0.396 e. The van der Waals surface area contributed by atoms with E-state index in [1.54, 1.807) is 6.20 Å². The van der Waals surface area contributed by atoms with E-state index in [4.69, 9.17) is 5.73 Å². The van der Waals surface area contributed by atoms with Gasteiger partial charge in [-0.05, 0) is 37.8 Å². The number of guanidine groups is 1. The first kappa shape index (κ1) is 23.1. The number of rotatable bonds is 10. The van der Waals surface area contributed by atoms with Gasteiger partial charge in [0.1, 0.15) is 0 Å².